The Bertz CT molecular complexity index is 921. The van der Waals surface area contributed by atoms with Crippen molar-refractivity contribution in [1.82, 2.24) is 15.5 Å². The number of aromatic nitrogens is 2. The predicted molar refractivity (Wildman–Crippen MR) is 100 cm³/mol. The van der Waals surface area contributed by atoms with Crippen LogP contribution >= 0.6 is 11.3 Å². The van der Waals surface area contributed by atoms with E-state index in [4.69, 9.17) is 9.63 Å². The van der Waals surface area contributed by atoms with Gasteiger partial charge in [-0.15, -0.1) is 0 Å². The smallest absolute Gasteiger partial charge is 0.305 e. The maximum Gasteiger partial charge on any atom is 0.305 e. The van der Waals surface area contributed by atoms with Crippen LogP contribution in [-0.4, -0.2) is 27.1 Å². The summed E-state index contributed by atoms with van der Waals surface area (Å²) in [6.07, 6.45) is 0.239. The van der Waals surface area contributed by atoms with E-state index in [2.05, 4.69) is 15.5 Å². The minimum absolute atomic E-state index is 0.132. The van der Waals surface area contributed by atoms with Crippen LogP contribution in [0.25, 0.3) is 11.4 Å². The normalized spacial score (nSPS) is 11.9. The number of nitrogens with one attached hydrogen (secondary N) is 1. The van der Waals surface area contributed by atoms with Gasteiger partial charge in [0.05, 0.1) is 12.5 Å². The molecule has 1 aromatic carbocycles. The third kappa shape index (κ3) is 5.01. The number of benzene rings is 1. The van der Waals surface area contributed by atoms with Gasteiger partial charge in [-0.1, -0.05) is 29.4 Å². The number of hydrogen-bond acceptors (Lipinski definition) is 6. The molecule has 8 heteroatoms. The summed E-state index contributed by atoms with van der Waals surface area (Å²) in [4.78, 5) is 27.8. The summed E-state index contributed by atoms with van der Waals surface area (Å²) in [5, 5.41) is 19.7. The highest BCUT2D eigenvalue weighted by molar-refractivity contribution is 7.08. The first-order valence-electron chi connectivity index (χ1n) is 8.45. The van der Waals surface area contributed by atoms with Crippen LogP contribution in [0.1, 0.15) is 35.9 Å². The van der Waals surface area contributed by atoms with Gasteiger partial charge in [0.25, 0.3) is 0 Å². The zero-order valence-electron chi connectivity index (χ0n) is 14.7. The number of aliphatic carboxylic acids is 1. The van der Waals surface area contributed by atoms with Gasteiger partial charge in [0, 0.05) is 23.8 Å². The fourth-order valence-electron chi connectivity index (χ4n) is 2.74. The van der Waals surface area contributed by atoms with E-state index in [0.717, 1.165) is 16.7 Å². The summed E-state index contributed by atoms with van der Waals surface area (Å²) in [5.41, 5.74) is 2.60. The Kier molecular flexibility index (Phi) is 5.97. The van der Waals surface area contributed by atoms with Crippen molar-refractivity contribution in [2.75, 3.05) is 0 Å². The van der Waals surface area contributed by atoms with E-state index in [-0.39, 0.29) is 25.2 Å². The molecule has 0 fully saturated rings. The Morgan fingerprint density at radius 3 is 2.81 bits per heavy atom. The quantitative estimate of drug-likeness (QED) is 0.616. The van der Waals surface area contributed by atoms with E-state index in [9.17, 15) is 9.59 Å². The van der Waals surface area contributed by atoms with Gasteiger partial charge < -0.3 is 14.9 Å². The van der Waals surface area contributed by atoms with Crippen LogP contribution in [0.2, 0.25) is 0 Å². The number of thiophene rings is 1. The molecule has 3 rings (SSSR count). The molecular weight excluding hydrogens is 366 g/mol. The third-order valence-corrected chi connectivity index (χ3v) is 4.77. The second kappa shape index (κ2) is 8.59. The Balaban J connectivity index is 1.61. The molecule has 1 atom stereocenters. The maximum atomic E-state index is 12.3. The number of carbonyl (C=O) groups excluding carboxylic acids is 1. The zero-order valence-corrected chi connectivity index (χ0v) is 15.5. The highest BCUT2D eigenvalue weighted by atomic mass is 32.1. The first kappa shape index (κ1) is 18.8. The van der Waals surface area contributed by atoms with Gasteiger partial charge in [0.1, 0.15) is 0 Å². The number of amides is 1. The van der Waals surface area contributed by atoms with Crippen LogP contribution < -0.4 is 5.32 Å². The summed E-state index contributed by atoms with van der Waals surface area (Å²) in [6.45, 7) is 1.89. The van der Waals surface area contributed by atoms with Gasteiger partial charge >= 0.3 is 5.97 Å². The van der Waals surface area contributed by atoms with Crippen LogP contribution in [0, 0.1) is 6.92 Å². The topological polar surface area (TPSA) is 105 Å². The number of hydrogen-bond donors (Lipinski definition) is 2. The number of aryl methyl sites for hydroxylation is 2. The molecule has 7 nitrogen and oxygen atoms in total. The van der Waals surface area contributed by atoms with Crippen molar-refractivity contribution in [3.8, 4) is 11.4 Å². The van der Waals surface area contributed by atoms with Crippen LogP contribution in [0.15, 0.2) is 45.6 Å². The molecule has 1 amide bonds. The van der Waals surface area contributed by atoms with Gasteiger partial charge in [-0.05, 0) is 29.5 Å². The van der Waals surface area contributed by atoms with Crippen LogP contribution in [0.4, 0.5) is 0 Å². The molecule has 0 saturated carbocycles. The molecule has 0 radical (unpaired) electrons. The lowest BCUT2D eigenvalue weighted by Gasteiger charge is -2.19. The number of carbonyl (C=O) groups is 2. The minimum atomic E-state index is -0.971. The molecule has 0 spiro atoms. The maximum absolute atomic E-state index is 12.3. The highest BCUT2D eigenvalue weighted by Crippen LogP contribution is 2.21. The zero-order chi connectivity index (χ0) is 19.2. The Hall–Kier alpha value is -3.00. The first-order chi connectivity index (χ1) is 13.0. The van der Waals surface area contributed by atoms with E-state index in [1.807, 2.05) is 48.0 Å². The predicted octanol–water partition coefficient (Wildman–Crippen LogP) is 3.37. The Morgan fingerprint density at radius 2 is 2.11 bits per heavy atom. The number of carboxylic acid groups (broad SMARTS) is 1. The molecule has 27 heavy (non-hydrogen) atoms. The first-order valence-corrected chi connectivity index (χ1v) is 9.39. The molecule has 0 aliphatic heterocycles. The van der Waals surface area contributed by atoms with Crippen molar-refractivity contribution in [1.29, 1.82) is 0 Å². The highest BCUT2D eigenvalue weighted by Gasteiger charge is 2.20. The van der Waals surface area contributed by atoms with E-state index >= 15 is 0 Å². The molecule has 140 valence electrons. The standard InChI is InChI=1S/C19H19N3O4S/c1-12-4-2-3-5-14(12)15(10-18(24)25)20-16(23)6-7-17-21-19(22-26-17)13-8-9-27-11-13/h2-5,8-9,11,15H,6-7,10H2,1H3,(H,20,23)(H,24,25). The molecule has 3 aromatic rings. The summed E-state index contributed by atoms with van der Waals surface area (Å²) in [5.74, 6) is -0.368. The van der Waals surface area contributed by atoms with Gasteiger partial charge in [-0.3, -0.25) is 9.59 Å². The van der Waals surface area contributed by atoms with Crippen LogP contribution in [-0.2, 0) is 16.0 Å². The summed E-state index contributed by atoms with van der Waals surface area (Å²) < 4.78 is 5.18. The molecule has 2 N–H and O–H groups in total. The van der Waals surface area contributed by atoms with Crippen molar-refractivity contribution in [3.63, 3.8) is 0 Å². The van der Waals surface area contributed by atoms with Crippen molar-refractivity contribution in [2.45, 2.75) is 32.2 Å². The van der Waals surface area contributed by atoms with Crippen molar-refractivity contribution in [3.05, 3.63) is 58.1 Å². The van der Waals surface area contributed by atoms with Gasteiger partial charge in [-0.2, -0.15) is 16.3 Å². The van der Waals surface area contributed by atoms with Crippen molar-refractivity contribution < 1.29 is 19.2 Å². The summed E-state index contributed by atoms with van der Waals surface area (Å²) >= 11 is 1.54. The molecule has 2 heterocycles. The van der Waals surface area contributed by atoms with Gasteiger partial charge in [-0.25, -0.2) is 0 Å². The fraction of sp³-hybridized carbons (Fsp3) is 0.263. The average Bonchev–Trinajstić information content (AvgIpc) is 3.31. The number of nitrogens with zero attached hydrogens (tertiary/aromatic N) is 2. The summed E-state index contributed by atoms with van der Waals surface area (Å²) in [6, 6.07) is 8.73. The SMILES string of the molecule is Cc1ccccc1C(CC(=O)O)NC(=O)CCc1nc(-c2ccsc2)no1. The van der Waals surface area contributed by atoms with E-state index in [0.29, 0.717) is 11.7 Å². The lowest BCUT2D eigenvalue weighted by atomic mass is 9.98. The van der Waals surface area contributed by atoms with E-state index < -0.39 is 12.0 Å². The molecule has 0 bridgehead atoms. The lowest BCUT2D eigenvalue weighted by molar-refractivity contribution is -0.137. The largest absolute Gasteiger partial charge is 0.481 e. The molecule has 0 saturated heterocycles. The second-order valence-electron chi connectivity index (χ2n) is 6.10. The third-order valence-electron chi connectivity index (χ3n) is 4.09. The fourth-order valence-corrected chi connectivity index (χ4v) is 3.38. The van der Waals surface area contributed by atoms with Gasteiger partial charge in [0.2, 0.25) is 17.6 Å². The molecule has 1 unspecified atom stereocenters. The molecule has 2 aromatic heterocycles. The Morgan fingerprint density at radius 1 is 1.30 bits per heavy atom. The number of rotatable bonds is 8. The molecular formula is C19H19N3O4S. The monoisotopic (exact) mass is 385 g/mol. The van der Waals surface area contributed by atoms with Gasteiger partial charge in [0.15, 0.2) is 0 Å². The van der Waals surface area contributed by atoms with Crippen molar-refractivity contribution in [2.24, 2.45) is 0 Å². The van der Waals surface area contributed by atoms with Crippen LogP contribution in [0.3, 0.4) is 0 Å². The Labute approximate surface area is 160 Å². The molecule has 0 aliphatic rings. The second-order valence-corrected chi connectivity index (χ2v) is 6.88. The average molecular weight is 385 g/mol. The van der Waals surface area contributed by atoms with Crippen molar-refractivity contribution >= 4 is 23.2 Å². The van der Waals surface area contributed by atoms with E-state index in [1.165, 1.54) is 11.3 Å². The van der Waals surface area contributed by atoms with Crippen LogP contribution in [0.5, 0.6) is 0 Å². The minimum Gasteiger partial charge on any atom is -0.481 e. The molecule has 0 aliphatic carbocycles. The lowest BCUT2D eigenvalue weighted by Crippen LogP contribution is -2.30. The summed E-state index contributed by atoms with van der Waals surface area (Å²) in [7, 11) is 0. The van der Waals surface area contributed by atoms with E-state index in [1.54, 1.807) is 0 Å². The number of carboxylic acids is 1.